The van der Waals surface area contributed by atoms with Crippen LogP contribution in [0, 0.1) is 11.8 Å². The van der Waals surface area contributed by atoms with E-state index in [4.69, 9.17) is 4.99 Å². The molecule has 0 bridgehead atoms. The second kappa shape index (κ2) is 10.9. The lowest BCUT2D eigenvalue weighted by molar-refractivity contribution is 0.191. The summed E-state index contributed by atoms with van der Waals surface area (Å²) in [6.07, 6.45) is 6.51. The van der Waals surface area contributed by atoms with Gasteiger partial charge in [0.05, 0.1) is 0 Å². The van der Waals surface area contributed by atoms with Crippen LogP contribution < -0.4 is 10.6 Å². The van der Waals surface area contributed by atoms with Gasteiger partial charge in [0.1, 0.15) is 0 Å². The van der Waals surface area contributed by atoms with Gasteiger partial charge in [-0.1, -0.05) is 6.92 Å². The molecule has 0 aromatic heterocycles. The number of piperidine rings is 2. The van der Waals surface area contributed by atoms with E-state index >= 15 is 0 Å². The van der Waals surface area contributed by atoms with Crippen LogP contribution >= 0.6 is 0 Å². The number of aliphatic imine (C=N–C) groups is 1. The Labute approximate surface area is 149 Å². The molecule has 2 aliphatic rings. The van der Waals surface area contributed by atoms with Gasteiger partial charge in [-0.15, -0.1) is 0 Å². The maximum Gasteiger partial charge on any atom is 0.191 e. The molecule has 0 saturated carbocycles. The quantitative estimate of drug-likeness (QED) is 0.424. The zero-order chi connectivity index (χ0) is 17.2. The van der Waals surface area contributed by atoms with E-state index in [1.54, 1.807) is 0 Å². The molecule has 24 heavy (non-hydrogen) atoms. The number of nitrogens with zero attached hydrogens (tertiary/aromatic N) is 3. The fourth-order valence-electron chi connectivity index (χ4n) is 3.60. The summed E-state index contributed by atoms with van der Waals surface area (Å²) in [5, 5.41) is 6.91. The highest BCUT2D eigenvalue weighted by molar-refractivity contribution is 5.79. The normalized spacial score (nSPS) is 22.7. The lowest BCUT2D eigenvalue weighted by Crippen LogP contribution is -2.40. The highest BCUT2D eigenvalue weighted by Crippen LogP contribution is 2.16. The van der Waals surface area contributed by atoms with E-state index in [0.29, 0.717) is 0 Å². The maximum atomic E-state index is 4.82. The molecule has 2 saturated heterocycles. The smallest absolute Gasteiger partial charge is 0.191 e. The zero-order valence-electron chi connectivity index (χ0n) is 16.2. The largest absolute Gasteiger partial charge is 0.357 e. The average molecular weight is 338 g/mol. The first-order chi connectivity index (χ1) is 11.7. The van der Waals surface area contributed by atoms with Crippen molar-refractivity contribution in [2.45, 2.75) is 46.0 Å². The molecule has 0 atom stereocenters. The topological polar surface area (TPSA) is 42.9 Å². The van der Waals surface area contributed by atoms with Crippen LogP contribution in [0.5, 0.6) is 0 Å². The Bertz CT molecular complexity index is 355. The van der Waals surface area contributed by atoms with E-state index in [1.807, 2.05) is 0 Å². The van der Waals surface area contributed by atoms with Crippen LogP contribution in [0.2, 0.25) is 0 Å². The predicted octanol–water partition coefficient (Wildman–Crippen LogP) is 2.01. The third-order valence-electron chi connectivity index (χ3n) is 5.51. The van der Waals surface area contributed by atoms with Crippen molar-refractivity contribution >= 4 is 5.96 Å². The second-order valence-electron chi connectivity index (χ2n) is 7.77. The minimum Gasteiger partial charge on any atom is -0.357 e. The van der Waals surface area contributed by atoms with Crippen LogP contribution in [-0.4, -0.2) is 75.2 Å². The summed E-state index contributed by atoms with van der Waals surface area (Å²) in [7, 11) is 2.22. The Balaban J connectivity index is 1.62. The molecule has 0 amide bonds. The van der Waals surface area contributed by atoms with Gasteiger partial charge in [-0.05, 0) is 90.6 Å². The monoisotopic (exact) mass is 337 g/mol. The Hall–Kier alpha value is -0.810. The van der Waals surface area contributed by atoms with E-state index in [1.165, 1.54) is 64.8 Å². The summed E-state index contributed by atoms with van der Waals surface area (Å²) in [5.41, 5.74) is 0. The molecule has 2 N–H and O–H groups in total. The Morgan fingerprint density at radius 2 is 1.75 bits per heavy atom. The molecular weight excluding hydrogens is 298 g/mol. The Morgan fingerprint density at radius 1 is 1.04 bits per heavy atom. The highest BCUT2D eigenvalue weighted by atomic mass is 15.2. The van der Waals surface area contributed by atoms with Crippen LogP contribution in [0.15, 0.2) is 4.99 Å². The highest BCUT2D eigenvalue weighted by Gasteiger charge is 2.16. The lowest BCUT2D eigenvalue weighted by Gasteiger charge is -2.30. The SMILES string of the molecule is CCNC(=NCC1CCN(C)CC1)NCCCN1CCC(C)CC1. The van der Waals surface area contributed by atoms with Crippen LogP contribution in [0.1, 0.15) is 46.0 Å². The van der Waals surface area contributed by atoms with E-state index in [0.717, 1.165) is 37.4 Å². The Kier molecular flexibility index (Phi) is 8.89. The standard InChI is InChI=1S/C19H39N5/c1-4-20-19(22-16-18-8-12-23(3)13-9-18)21-10-5-11-24-14-6-17(2)7-15-24/h17-18H,4-16H2,1-3H3,(H2,20,21,22). The van der Waals surface area contributed by atoms with Crippen molar-refractivity contribution in [3.63, 3.8) is 0 Å². The lowest BCUT2D eigenvalue weighted by atomic mass is 9.97. The first kappa shape index (κ1) is 19.5. The van der Waals surface area contributed by atoms with Crippen molar-refractivity contribution in [2.75, 3.05) is 59.4 Å². The third kappa shape index (κ3) is 7.39. The molecule has 140 valence electrons. The molecule has 5 heteroatoms. The summed E-state index contributed by atoms with van der Waals surface area (Å²) >= 11 is 0. The van der Waals surface area contributed by atoms with Gasteiger partial charge in [0.15, 0.2) is 5.96 Å². The number of likely N-dealkylation sites (tertiary alicyclic amines) is 2. The van der Waals surface area contributed by atoms with Crippen molar-refractivity contribution in [3.8, 4) is 0 Å². The molecule has 2 rings (SSSR count). The van der Waals surface area contributed by atoms with Crippen LogP contribution in [-0.2, 0) is 0 Å². The van der Waals surface area contributed by atoms with E-state index < -0.39 is 0 Å². The average Bonchev–Trinajstić information content (AvgIpc) is 2.59. The summed E-state index contributed by atoms with van der Waals surface area (Å²) in [4.78, 5) is 9.86. The molecule has 2 heterocycles. The minimum atomic E-state index is 0.756. The van der Waals surface area contributed by atoms with Crippen molar-refractivity contribution in [1.29, 1.82) is 0 Å². The molecule has 0 aromatic carbocycles. The van der Waals surface area contributed by atoms with E-state index in [2.05, 4.69) is 41.3 Å². The molecule has 0 unspecified atom stereocenters. The van der Waals surface area contributed by atoms with Gasteiger partial charge in [-0.25, -0.2) is 0 Å². The minimum absolute atomic E-state index is 0.756. The second-order valence-corrected chi connectivity index (χ2v) is 7.77. The molecule has 5 nitrogen and oxygen atoms in total. The molecule has 2 aliphatic heterocycles. The van der Waals surface area contributed by atoms with E-state index in [-0.39, 0.29) is 0 Å². The zero-order valence-corrected chi connectivity index (χ0v) is 16.2. The van der Waals surface area contributed by atoms with Gasteiger partial charge in [-0.2, -0.15) is 0 Å². The van der Waals surface area contributed by atoms with Gasteiger partial charge in [0.2, 0.25) is 0 Å². The van der Waals surface area contributed by atoms with Crippen molar-refractivity contribution in [2.24, 2.45) is 16.8 Å². The summed E-state index contributed by atoms with van der Waals surface area (Å²) in [6, 6.07) is 0. The summed E-state index contributed by atoms with van der Waals surface area (Å²) < 4.78 is 0. The first-order valence-corrected chi connectivity index (χ1v) is 10.1. The van der Waals surface area contributed by atoms with Crippen LogP contribution in [0.3, 0.4) is 0 Å². The number of guanidine groups is 1. The molecular formula is C19H39N5. The van der Waals surface area contributed by atoms with Gasteiger partial charge in [-0.3, -0.25) is 4.99 Å². The van der Waals surface area contributed by atoms with Gasteiger partial charge >= 0.3 is 0 Å². The van der Waals surface area contributed by atoms with Crippen LogP contribution in [0.25, 0.3) is 0 Å². The molecule has 2 fully saturated rings. The fraction of sp³-hybridized carbons (Fsp3) is 0.947. The molecule has 0 aliphatic carbocycles. The fourth-order valence-corrected chi connectivity index (χ4v) is 3.60. The first-order valence-electron chi connectivity index (χ1n) is 10.1. The third-order valence-corrected chi connectivity index (χ3v) is 5.51. The molecule has 0 spiro atoms. The Morgan fingerprint density at radius 3 is 2.42 bits per heavy atom. The van der Waals surface area contributed by atoms with Crippen molar-refractivity contribution in [3.05, 3.63) is 0 Å². The van der Waals surface area contributed by atoms with Gasteiger partial charge in [0.25, 0.3) is 0 Å². The van der Waals surface area contributed by atoms with Crippen molar-refractivity contribution < 1.29 is 0 Å². The van der Waals surface area contributed by atoms with Crippen molar-refractivity contribution in [1.82, 2.24) is 20.4 Å². The van der Waals surface area contributed by atoms with E-state index in [9.17, 15) is 0 Å². The molecule has 0 radical (unpaired) electrons. The molecule has 0 aromatic rings. The summed E-state index contributed by atoms with van der Waals surface area (Å²) in [5.74, 6) is 2.68. The summed E-state index contributed by atoms with van der Waals surface area (Å²) in [6.45, 7) is 13.7. The maximum absolute atomic E-state index is 4.82. The number of rotatable bonds is 7. The van der Waals surface area contributed by atoms with Gasteiger partial charge in [0, 0.05) is 19.6 Å². The number of nitrogens with one attached hydrogen (secondary N) is 2. The van der Waals surface area contributed by atoms with Gasteiger partial charge < -0.3 is 20.4 Å². The number of hydrogen-bond acceptors (Lipinski definition) is 3. The van der Waals surface area contributed by atoms with Crippen LogP contribution in [0.4, 0.5) is 0 Å². The number of hydrogen-bond donors (Lipinski definition) is 2. The predicted molar refractivity (Wildman–Crippen MR) is 104 cm³/mol.